The minimum absolute atomic E-state index is 0.0900. The topological polar surface area (TPSA) is 129 Å². The van der Waals surface area contributed by atoms with Gasteiger partial charge in [0, 0.05) is 24.3 Å². The van der Waals surface area contributed by atoms with Crippen LogP contribution in [0.25, 0.3) is 22.0 Å². The maximum absolute atomic E-state index is 14.8. The van der Waals surface area contributed by atoms with Crippen molar-refractivity contribution in [2.45, 2.75) is 38.5 Å². The normalized spacial score (nSPS) is 12.3. The van der Waals surface area contributed by atoms with Crippen LogP contribution in [0.3, 0.4) is 0 Å². The van der Waals surface area contributed by atoms with Gasteiger partial charge >= 0.3 is 6.18 Å². The molecular weight excluding hydrogens is 494 g/mol. The predicted octanol–water partition coefficient (Wildman–Crippen LogP) is 3.85. The third-order valence-electron chi connectivity index (χ3n) is 5.68. The van der Waals surface area contributed by atoms with E-state index in [2.05, 4.69) is 20.4 Å². The highest BCUT2D eigenvalue weighted by atomic mass is 19.4. The summed E-state index contributed by atoms with van der Waals surface area (Å²) in [5, 5.41) is 17.3. The first-order valence-corrected chi connectivity index (χ1v) is 11.0. The zero-order valence-electron chi connectivity index (χ0n) is 19.3. The molecule has 0 spiro atoms. The van der Waals surface area contributed by atoms with E-state index >= 15 is 0 Å². The number of aromatic nitrogens is 5. The van der Waals surface area contributed by atoms with Gasteiger partial charge in [0.15, 0.2) is 5.69 Å². The Morgan fingerprint density at radius 2 is 1.97 bits per heavy atom. The third-order valence-corrected chi connectivity index (χ3v) is 5.68. The van der Waals surface area contributed by atoms with Crippen LogP contribution in [0.5, 0.6) is 0 Å². The van der Waals surface area contributed by atoms with Crippen LogP contribution in [-0.4, -0.2) is 30.8 Å². The Hall–Kier alpha value is -4.60. The van der Waals surface area contributed by atoms with Gasteiger partial charge in [-0.3, -0.25) is 14.6 Å². The molecule has 0 aliphatic heterocycles. The molecule has 0 amide bonds. The van der Waals surface area contributed by atoms with Gasteiger partial charge in [0.1, 0.15) is 17.4 Å². The summed E-state index contributed by atoms with van der Waals surface area (Å²) < 4.78 is 55.8. The van der Waals surface area contributed by atoms with Gasteiger partial charge < -0.3 is 9.88 Å². The highest BCUT2D eigenvalue weighted by molar-refractivity contribution is 5.86. The second kappa shape index (κ2) is 10.2. The van der Waals surface area contributed by atoms with Crippen molar-refractivity contribution in [3.05, 3.63) is 80.8 Å². The summed E-state index contributed by atoms with van der Waals surface area (Å²) in [5.41, 5.74) is -3.10. The first kappa shape index (κ1) is 25.5. The first-order chi connectivity index (χ1) is 17.6. The lowest BCUT2D eigenvalue weighted by Crippen LogP contribution is -2.27. The number of benzene rings is 1. The monoisotopic (exact) mass is 513 g/mol. The van der Waals surface area contributed by atoms with E-state index in [1.54, 1.807) is 24.3 Å². The molecule has 3 aromatic heterocycles. The van der Waals surface area contributed by atoms with E-state index in [0.29, 0.717) is 18.2 Å². The number of hydrogen-bond donors (Lipinski definition) is 2. The quantitative estimate of drug-likeness (QED) is 0.359. The van der Waals surface area contributed by atoms with Crippen LogP contribution in [-0.2, 0) is 12.7 Å². The standard InChI is InChI=1S/C24H19F4N7O2/c1-13(33-20-12-32-34-22(36)21(20)24(26,27)28)3-2-5-35-6-4-14-7-17(18(25)8-16(14)23(35)37)19-11-30-15(9-29)10-31-19/h4,6-8,10-13H,2-3,5H2,1H3,(H2,33,34,36)/t13-/m0/s1. The van der Waals surface area contributed by atoms with Gasteiger partial charge in [-0.15, -0.1) is 0 Å². The van der Waals surface area contributed by atoms with E-state index in [4.69, 9.17) is 5.26 Å². The SMILES string of the molecule is C[C@@H](CCCn1ccc2cc(-c3cnc(C#N)cn3)c(F)cc2c1=O)Nc1cn[nH]c(=O)c1C(F)(F)F. The maximum atomic E-state index is 14.8. The van der Waals surface area contributed by atoms with Crippen molar-refractivity contribution >= 4 is 16.5 Å². The van der Waals surface area contributed by atoms with Crippen LogP contribution in [0.1, 0.15) is 31.0 Å². The Labute approximate surface area is 206 Å². The second-order valence-electron chi connectivity index (χ2n) is 8.31. The summed E-state index contributed by atoms with van der Waals surface area (Å²) in [4.78, 5) is 32.4. The van der Waals surface area contributed by atoms with Crippen LogP contribution >= 0.6 is 0 Å². The molecular formula is C24H19F4N7O2. The Bertz CT molecular complexity index is 1610. The molecule has 0 radical (unpaired) electrons. The number of aryl methyl sites for hydroxylation is 1. The van der Waals surface area contributed by atoms with Crippen molar-refractivity contribution in [1.29, 1.82) is 5.26 Å². The molecule has 9 nitrogen and oxygen atoms in total. The van der Waals surface area contributed by atoms with Crippen LogP contribution in [0.2, 0.25) is 0 Å². The maximum Gasteiger partial charge on any atom is 0.423 e. The molecule has 1 aromatic carbocycles. The summed E-state index contributed by atoms with van der Waals surface area (Å²) in [6.07, 6.45) is 0.900. The number of hydrogen-bond acceptors (Lipinski definition) is 7. The number of alkyl halides is 3. The molecule has 37 heavy (non-hydrogen) atoms. The lowest BCUT2D eigenvalue weighted by atomic mass is 10.1. The van der Waals surface area contributed by atoms with E-state index in [0.717, 1.165) is 12.3 Å². The lowest BCUT2D eigenvalue weighted by Gasteiger charge is -2.18. The third kappa shape index (κ3) is 5.48. The zero-order chi connectivity index (χ0) is 26.7. The summed E-state index contributed by atoms with van der Waals surface area (Å²) in [7, 11) is 0. The molecule has 2 N–H and O–H groups in total. The molecule has 4 aromatic rings. The molecule has 0 saturated carbocycles. The van der Waals surface area contributed by atoms with Gasteiger partial charge in [-0.25, -0.2) is 14.5 Å². The molecule has 0 aliphatic carbocycles. The summed E-state index contributed by atoms with van der Waals surface area (Å²) in [6.45, 7) is 1.89. The molecule has 0 aliphatic rings. The number of nitriles is 1. The Morgan fingerprint density at radius 3 is 2.65 bits per heavy atom. The summed E-state index contributed by atoms with van der Waals surface area (Å²) in [5.74, 6) is -0.675. The van der Waals surface area contributed by atoms with Crippen molar-refractivity contribution < 1.29 is 17.6 Å². The lowest BCUT2D eigenvalue weighted by molar-refractivity contribution is -0.138. The minimum atomic E-state index is -4.85. The average Bonchev–Trinajstić information content (AvgIpc) is 2.85. The van der Waals surface area contributed by atoms with Gasteiger partial charge in [-0.05, 0) is 43.4 Å². The second-order valence-corrected chi connectivity index (χ2v) is 8.31. The number of nitrogens with zero attached hydrogens (tertiary/aromatic N) is 5. The van der Waals surface area contributed by atoms with E-state index in [9.17, 15) is 27.2 Å². The first-order valence-electron chi connectivity index (χ1n) is 11.0. The van der Waals surface area contributed by atoms with Gasteiger partial charge in [-0.1, -0.05) is 0 Å². The Balaban J connectivity index is 1.47. The number of anilines is 1. The Morgan fingerprint density at radius 1 is 1.19 bits per heavy atom. The van der Waals surface area contributed by atoms with E-state index in [-0.39, 0.29) is 28.9 Å². The summed E-state index contributed by atoms with van der Waals surface area (Å²) >= 11 is 0. The van der Waals surface area contributed by atoms with Crippen molar-refractivity contribution in [2.75, 3.05) is 5.32 Å². The fourth-order valence-corrected chi connectivity index (χ4v) is 3.90. The number of aromatic amines is 1. The van der Waals surface area contributed by atoms with E-state index in [1.165, 1.54) is 23.0 Å². The Kier molecular flexibility index (Phi) is 7.01. The average molecular weight is 513 g/mol. The molecule has 3 heterocycles. The van der Waals surface area contributed by atoms with Crippen molar-refractivity contribution in [3.8, 4) is 17.3 Å². The van der Waals surface area contributed by atoms with Crippen LogP contribution in [0.4, 0.5) is 23.2 Å². The molecule has 0 bridgehead atoms. The van der Waals surface area contributed by atoms with Crippen molar-refractivity contribution in [3.63, 3.8) is 0 Å². The number of H-pyrrole nitrogens is 1. The largest absolute Gasteiger partial charge is 0.423 e. The van der Waals surface area contributed by atoms with Crippen molar-refractivity contribution in [2.24, 2.45) is 0 Å². The molecule has 190 valence electrons. The van der Waals surface area contributed by atoms with E-state index in [1.807, 2.05) is 6.07 Å². The highest BCUT2D eigenvalue weighted by Gasteiger charge is 2.37. The van der Waals surface area contributed by atoms with Gasteiger partial charge in [0.25, 0.3) is 11.1 Å². The van der Waals surface area contributed by atoms with Gasteiger partial charge in [-0.2, -0.15) is 23.5 Å². The number of pyridine rings is 1. The van der Waals surface area contributed by atoms with Crippen LogP contribution in [0, 0.1) is 17.1 Å². The van der Waals surface area contributed by atoms with Crippen LogP contribution < -0.4 is 16.4 Å². The molecule has 4 rings (SSSR count). The molecule has 0 unspecified atom stereocenters. The zero-order valence-corrected chi connectivity index (χ0v) is 19.3. The molecule has 0 fully saturated rings. The number of rotatable bonds is 7. The highest BCUT2D eigenvalue weighted by Crippen LogP contribution is 2.32. The van der Waals surface area contributed by atoms with E-state index < -0.39 is 40.4 Å². The predicted molar refractivity (Wildman–Crippen MR) is 126 cm³/mol. The summed E-state index contributed by atoms with van der Waals surface area (Å²) in [6, 6.07) is 5.61. The number of fused-ring (bicyclic) bond motifs is 1. The molecule has 13 heteroatoms. The fourth-order valence-electron chi connectivity index (χ4n) is 3.90. The fraction of sp³-hybridized carbons (Fsp3) is 0.250. The minimum Gasteiger partial charge on any atom is -0.381 e. The smallest absolute Gasteiger partial charge is 0.381 e. The molecule has 0 saturated heterocycles. The number of halogens is 4. The van der Waals surface area contributed by atoms with Gasteiger partial charge in [0.05, 0.1) is 35.4 Å². The van der Waals surface area contributed by atoms with Crippen LogP contribution in [0.15, 0.2) is 52.6 Å². The van der Waals surface area contributed by atoms with Gasteiger partial charge in [0.2, 0.25) is 0 Å². The van der Waals surface area contributed by atoms with Crippen molar-refractivity contribution in [1.82, 2.24) is 24.7 Å². The number of nitrogens with one attached hydrogen (secondary N) is 2. The molecule has 1 atom stereocenters.